The Hall–Kier alpha value is -1.27. The Bertz CT molecular complexity index is 555. The zero-order chi connectivity index (χ0) is 13.3. The standard InChI is InChI=1S/C11H12ClNO4S/c1-8-2-4-10(5-3-8)18(15,16)13-9(6-12)7-17-11(13)14/h2-5,9H,6-7H2,1H3. The number of aryl methyl sites for hydroxylation is 1. The molecule has 1 aromatic carbocycles. The quantitative estimate of drug-likeness (QED) is 0.795. The summed E-state index contributed by atoms with van der Waals surface area (Å²) in [6.45, 7) is 1.84. The van der Waals surface area contributed by atoms with Crippen LogP contribution >= 0.6 is 11.6 Å². The number of rotatable bonds is 3. The predicted molar refractivity (Wildman–Crippen MR) is 66.1 cm³/mol. The maximum Gasteiger partial charge on any atom is 0.424 e. The van der Waals surface area contributed by atoms with Crippen LogP contribution in [0.4, 0.5) is 4.79 Å². The third-order valence-electron chi connectivity index (χ3n) is 2.67. The van der Waals surface area contributed by atoms with Crippen LogP contribution in [-0.2, 0) is 14.8 Å². The largest absolute Gasteiger partial charge is 0.446 e. The van der Waals surface area contributed by atoms with Crippen molar-refractivity contribution >= 4 is 27.7 Å². The van der Waals surface area contributed by atoms with Gasteiger partial charge in [-0.25, -0.2) is 13.2 Å². The highest BCUT2D eigenvalue weighted by molar-refractivity contribution is 7.89. The van der Waals surface area contributed by atoms with Gasteiger partial charge in [0.15, 0.2) is 0 Å². The highest BCUT2D eigenvalue weighted by atomic mass is 35.5. The summed E-state index contributed by atoms with van der Waals surface area (Å²) < 4.78 is 30.0. The minimum atomic E-state index is -3.89. The molecule has 1 aliphatic rings. The second kappa shape index (κ2) is 4.78. The fourth-order valence-electron chi connectivity index (χ4n) is 1.67. The number of alkyl halides is 1. The zero-order valence-electron chi connectivity index (χ0n) is 9.67. The van der Waals surface area contributed by atoms with E-state index in [1.165, 1.54) is 12.1 Å². The molecule has 1 atom stereocenters. The van der Waals surface area contributed by atoms with Crippen LogP contribution in [0, 0.1) is 6.92 Å². The summed E-state index contributed by atoms with van der Waals surface area (Å²) >= 11 is 5.65. The Kier molecular flexibility index (Phi) is 3.49. The van der Waals surface area contributed by atoms with Crippen molar-refractivity contribution < 1.29 is 17.9 Å². The molecule has 1 heterocycles. The van der Waals surface area contributed by atoms with Gasteiger partial charge in [-0.2, -0.15) is 4.31 Å². The van der Waals surface area contributed by atoms with Gasteiger partial charge in [-0.3, -0.25) is 0 Å². The van der Waals surface area contributed by atoms with Crippen molar-refractivity contribution in [3.05, 3.63) is 29.8 Å². The number of hydrogen-bond acceptors (Lipinski definition) is 4. The first-order valence-corrected chi connectivity index (χ1v) is 7.28. The van der Waals surface area contributed by atoms with E-state index >= 15 is 0 Å². The number of benzene rings is 1. The topological polar surface area (TPSA) is 63.7 Å². The zero-order valence-corrected chi connectivity index (χ0v) is 11.2. The van der Waals surface area contributed by atoms with Gasteiger partial charge in [-0.15, -0.1) is 11.6 Å². The molecule has 7 heteroatoms. The molecule has 0 radical (unpaired) electrons. The summed E-state index contributed by atoms with van der Waals surface area (Å²) in [5.74, 6) is 0.0107. The van der Waals surface area contributed by atoms with Crippen LogP contribution in [0.15, 0.2) is 29.2 Å². The molecule has 0 aliphatic carbocycles. The molecule has 0 bridgehead atoms. The van der Waals surface area contributed by atoms with Gasteiger partial charge in [0.2, 0.25) is 0 Å². The monoisotopic (exact) mass is 289 g/mol. The van der Waals surface area contributed by atoms with Crippen molar-refractivity contribution in [1.82, 2.24) is 4.31 Å². The fraction of sp³-hybridized carbons (Fsp3) is 0.364. The number of amides is 1. The molecule has 1 aliphatic heterocycles. The molecule has 5 nitrogen and oxygen atoms in total. The summed E-state index contributed by atoms with van der Waals surface area (Å²) in [4.78, 5) is 11.6. The molecule has 0 N–H and O–H groups in total. The van der Waals surface area contributed by atoms with Crippen LogP contribution < -0.4 is 0 Å². The fourth-order valence-corrected chi connectivity index (χ4v) is 3.47. The van der Waals surface area contributed by atoms with Crippen molar-refractivity contribution in [3.63, 3.8) is 0 Å². The van der Waals surface area contributed by atoms with Gasteiger partial charge in [0.1, 0.15) is 6.61 Å². The number of carbonyl (C=O) groups excluding carboxylic acids is 1. The molecule has 0 saturated carbocycles. The summed E-state index contributed by atoms with van der Waals surface area (Å²) in [5.41, 5.74) is 0.937. The molecular formula is C11H12ClNO4S. The van der Waals surface area contributed by atoms with E-state index in [1.54, 1.807) is 12.1 Å². The second-order valence-electron chi connectivity index (χ2n) is 4.00. The molecule has 1 fully saturated rings. The molecule has 1 amide bonds. The Morgan fingerprint density at radius 1 is 1.39 bits per heavy atom. The maximum absolute atomic E-state index is 12.3. The lowest BCUT2D eigenvalue weighted by Crippen LogP contribution is -2.39. The summed E-state index contributed by atoms with van der Waals surface area (Å²) in [6.07, 6.45) is -0.874. The molecule has 1 unspecified atom stereocenters. The second-order valence-corrected chi connectivity index (χ2v) is 6.12. The van der Waals surface area contributed by atoms with E-state index in [1.807, 2.05) is 6.92 Å². The van der Waals surface area contributed by atoms with Crippen LogP contribution in [0.1, 0.15) is 5.56 Å². The van der Waals surface area contributed by atoms with Gasteiger partial charge in [-0.05, 0) is 19.1 Å². The van der Waals surface area contributed by atoms with Crippen molar-refractivity contribution in [2.24, 2.45) is 0 Å². The first-order chi connectivity index (χ1) is 8.46. The van der Waals surface area contributed by atoms with Crippen LogP contribution in [-0.4, -0.2) is 37.3 Å². The first-order valence-electron chi connectivity index (χ1n) is 5.30. The highest BCUT2D eigenvalue weighted by Crippen LogP contribution is 2.24. The molecular weight excluding hydrogens is 278 g/mol. The van der Waals surface area contributed by atoms with Crippen molar-refractivity contribution in [2.75, 3.05) is 12.5 Å². The Morgan fingerprint density at radius 3 is 2.56 bits per heavy atom. The van der Waals surface area contributed by atoms with E-state index in [4.69, 9.17) is 16.3 Å². The van der Waals surface area contributed by atoms with E-state index in [-0.39, 0.29) is 17.4 Å². The first kappa shape index (κ1) is 13.2. The molecule has 18 heavy (non-hydrogen) atoms. The number of nitrogens with zero attached hydrogens (tertiary/aromatic N) is 1. The number of carbonyl (C=O) groups is 1. The van der Waals surface area contributed by atoms with Gasteiger partial charge in [0.05, 0.1) is 10.9 Å². The normalized spacial score (nSPS) is 20.0. The third kappa shape index (κ3) is 2.18. The van der Waals surface area contributed by atoms with Crippen molar-refractivity contribution in [2.45, 2.75) is 17.9 Å². The summed E-state index contributed by atoms with van der Waals surface area (Å²) in [5, 5.41) is 0. The lowest BCUT2D eigenvalue weighted by molar-refractivity contribution is 0.170. The lowest BCUT2D eigenvalue weighted by Gasteiger charge is -2.19. The number of ether oxygens (including phenoxy) is 1. The highest BCUT2D eigenvalue weighted by Gasteiger charge is 2.42. The molecule has 1 aromatic rings. The van der Waals surface area contributed by atoms with E-state index in [2.05, 4.69) is 0 Å². The Labute approximate surface area is 110 Å². The van der Waals surface area contributed by atoms with E-state index in [0.29, 0.717) is 4.31 Å². The molecule has 98 valence electrons. The Balaban J connectivity index is 2.41. The molecule has 2 rings (SSSR count). The lowest BCUT2D eigenvalue weighted by atomic mass is 10.2. The van der Waals surface area contributed by atoms with Gasteiger partial charge >= 0.3 is 6.09 Å². The van der Waals surface area contributed by atoms with Gasteiger partial charge in [0.25, 0.3) is 10.0 Å². The van der Waals surface area contributed by atoms with Crippen molar-refractivity contribution in [1.29, 1.82) is 0 Å². The third-order valence-corrected chi connectivity index (χ3v) is 4.86. The SMILES string of the molecule is Cc1ccc(S(=O)(=O)N2C(=O)OCC2CCl)cc1. The van der Waals surface area contributed by atoms with Crippen molar-refractivity contribution in [3.8, 4) is 0 Å². The maximum atomic E-state index is 12.3. The average Bonchev–Trinajstić information content (AvgIpc) is 2.71. The molecule has 1 saturated heterocycles. The Morgan fingerprint density at radius 2 is 2.00 bits per heavy atom. The number of sulfonamides is 1. The number of cyclic esters (lactones) is 1. The van der Waals surface area contributed by atoms with Crippen LogP contribution in [0.5, 0.6) is 0 Å². The minimum absolute atomic E-state index is 0.00652. The number of hydrogen-bond donors (Lipinski definition) is 0. The van der Waals surface area contributed by atoms with E-state index in [0.717, 1.165) is 5.56 Å². The van der Waals surface area contributed by atoms with E-state index < -0.39 is 22.2 Å². The smallest absolute Gasteiger partial charge is 0.424 e. The van der Waals surface area contributed by atoms with Crippen LogP contribution in [0.3, 0.4) is 0 Å². The average molecular weight is 290 g/mol. The van der Waals surface area contributed by atoms with Crippen LogP contribution in [0.2, 0.25) is 0 Å². The van der Waals surface area contributed by atoms with Gasteiger partial charge in [0, 0.05) is 5.88 Å². The van der Waals surface area contributed by atoms with E-state index in [9.17, 15) is 13.2 Å². The summed E-state index contributed by atoms with van der Waals surface area (Å²) in [7, 11) is -3.89. The molecule has 0 aromatic heterocycles. The van der Waals surface area contributed by atoms with Crippen LogP contribution in [0.25, 0.3) is 0 Å². The van der Waals surface area contributed by atoms with Gasteiger partial charge in [-0.1, -0.05) is 17.7 Å². The van der Waals surface area contributed by atoms with Gasteiger partial charge < -0.3 is 4.74 Å². The molecule has 0 spiro atoms. The predicted octanol–water partition coefficient (Wildman–Crippen LogP) is 1.74. The minimum Gasteiger partial charge on any atom is -0.446 e. The number of halogens is 1. The summed E-state index contributed by atoms with van der Waals surface area (Å²) in [6, 6.07) is 5.61.